The van der Waals surface area contributed by atoms with Crippen molar-refractivity contribution in [2.75, 3.05) is 5.73 Å². The van der Waals surface area contributed by atoms with Crippen molar-refractivity contribution in [3.8, 4) is 17.0 Å². The van der Waals surface area contributed by atoms with Gasteiger partial charge < -0.3 is 16.2 Å². The van der Waals surface area contributed by atoms with Crippen LogP contribution in [0.2, 0.25) is 0 Å². The first kappa shape index (κ1) is 17.2. The second-order valence-corrected chi connectivity index (χ2v) is 6.41. The molecule has 0 aliphatic heterocycles. The summed E-state index contributed by atoms with van der Waals surface area (Å²) in [6, 6.07) is 7.73. The molecule has 0 aliphatic rings. The van der Waals surface area contributed by atoms with Gasteiger partial charge in [-0.2, -0.15) is 0 Å². The summed E-state index contributed by atoms with van der Waals surface area (Å²) in [6.07, 6.45) is 3.45. The van der Waals surface area contributed by atoms with Gasteiger partial charge in [-0.1, -0.05) is 13.3 Å². The number of hydrogen-bond donors (Lipinski definition) is 2. The van der Waals surface area contributed by atoms with Crippen LogP contribution in [0.3, 0.4) is 0 Å². The number of anilines is 1. The zero-order valence-electron chi connectivity index (χ0n) is 14.3. The third-order valence-electron chi connectivity index (χ3n) is 4.02. The predicted molar refractivity (Wildman–Crippen MR) is 94.2 cm³/mol. The molecule has 0 saturated heterocycles. The lowest BCUT2D eigenvalue weighted by Gasteiger charge is -2.33. The fraction of sp³-hybridized carbons (Fsp3) is 0.444. The van der Waals surface area contributed by atoms with Gasteiger partial charge >= 0.3 is 0 Å². The summed E-state index contributed by atoms with van der Waals surface area (Å²) in [5, 5.41) is 0. The van der Waals surface area contributed by atoms with Crippen molar-refractivity contribution in [3.05, 3.63) is 36.2 Å². The van der Waals surface area contributed by atoms with Crippen molar-refractivity contribution in [1.82, 2.24) is 9.97 Å². The van der Waals surface area contributed by atoms with Crippen molar-refractivity contribution >= 4 is 5.82 Å². The summed E-state index contributed by atoms with van der Waals surface area (Å²) in [5.74, 6) is 1.30. The van der Waals surface area contributed by atoms with Gasteiger partial charge in [-0.25, -0.2) is 9.97 Å². The number of aryl methyl sites for hydroxylation is 1. The maximum absolute atomic E-state index is 6.24. The van der Waals surface area contributed by atoms with Gasteiger partial charge in [0.2, 0.25) is 0 Å². The number of nitrogen functional groups attached to an aromatic ring is 1. The molecule has 0 radical (unpaired) electrons. The van der Waals surface area contributed by atoms with Gasteiger partial charge in [0.05, 0.1) is 5.69 Å². The molecular weight excluding hydrogens is 288 g/mol. The first-order valence-electron chi connectivity index (χ1n) is 7.96. The summed E-state index contributed by atoms with van der Waals surface area (Å²) in [6.45, 7) is 8.21. The minimum Gasteiger partial charge on any atom is -0.486 e. The molecule has 0 aliphatic carbocycles. The number of nitrogens with zero attached hydrogens (tertiary/aromatic N) is 2. The lowest BCUT2D eigenvalue weighted by molar-refractivity contribution is 0.0752. The summed E-state index contributed by atoms with van der Waals surface area (Å²) in [7, 11) is 0. The molecular formula is C18H26N4O. The zero-order valence-corrected chi connectivity index (χ0v) is 14.3. The topological polar surface area (TPSA) is 87.0 Å². The Morgan fingerprint density at radius 1 is 1.22 bits per heavy atom. The number of nitrogens with two attached hydrogens (primary N) is 2. The second-order valence-electron chi connectivity index (χ2n) is 6.41. The Labute approximate surface area is 138 Å². The van der Waals surface area contributed by atoms with Crippen molar-refractivity contribution in [3.63, 3.8) is 0 Å². The normalized spacial score (nSPS) is 12.9. The lowest BCUT2D eigenvalue weighted by Crippen LogP contribution is -2.47. The first-order chi connectivity index (χ1) is 10.8. The Morgan fingerprint density at radius 2 is 1.96 bits per heavy atom. The fourth-order valence-corrected chi connectivity index (χ4v) is 2.47. The molecule has 1 atom stereocenters. The molecule has 1 aromatic carbocycles. The van der Waals surface area contributed by atoms with E-state index in [0.29, 0.717) is 5.82 Å². The Bertz CT molecular complexity index is 670. The monoisotopic (exact) mass is 314 g/mol. The van der Waals surface area contributed by atoms with Crippen LogP contribution in [0, 0.1) is 6.92 Å². The summed E-state index contributed by atoms with van der Waals surface area (Å²) < 4.78 is 6.18. The largest absolute Gasteiger partial charge is 0.486 e. The van der Waals surface area contributed by atoms with E-state index in [9.17, 15) is 0 Å². The minimum absolute atomic E-state index is 0.00626. The van der Waals surface area contributed by atoms with E-state index in [1.807, 2.05) is 39.0 Å². The van der Waals surface area contributed by atoms with Crippen molar-refractivity contribution < 1.29 is 4.74 Å². The average molecular weight is 314 g/mol. The number of benzene rings is 1. The Morgan fingerprint density at radius 3 is 2.57 bits per heavy atom. The van der Waals surface area contributed by atoms with Gasteiger partial charge in [-0.15, -0.1) is 0 Å². The van der Waals surface area contributed by atoms with E-state index in [4.69, 9.17) is 16.2 Å². The third kappa shape index (κ3) is 4.20. The molecule has 0 bridgehead atoms. The summed E-state index contributed by atoms with van der Waals surface area (Å²) in [5.41, 5.74) is 14.4. The SMILES string of the molecule is CCCC(N)C(C)(C)Oc1ccc(-c2cc(N)ncn2)cc1C. The molecule has 0 amide bonds. The molecule has 5 heteroatoms. The van der Waals surface area contributed by atoms with E-state index in [1.165, 1.54) is 6.33 Å². The number of ether oxygens (including phenoxy) is 1. The Balaban J connectivity index is 2.23. The quantitative estimate of drug-likeness (QED) is 0.854. The van der Waals surface area contributed by atoms with Crippen LogP contribution in [0.4, 0.5) is 5.82 Å². The van der Waals surface area contributed by atoms with Gasteiger partial charge in [0.25, 0.3) is 0 Å². The third-order valence-corrected chi connectivity index (χ3v) is 4.02. The van der Waals surface area contributed by atoms with Gasteiger partial charge in [0.1, 0.15) is 23.5 Å². The van der Waals surface area contributed by atoms with Crippen molar-refractivity contribution in [2.24, 2.45) is 5.73 Å². The highest BCUT2D eigenvalue weighted by Gasteiger charge is 2.28. The molecule has 1 unspecified atom stereocenters. The minimum atomic E-state index is -0.415. The summed E-state index contributed by atoms with van der Waals surface area (Å²) in [4.78, 5) is 8.17. The first-order valence-corrected chi connectivity index (χ1v) is 7.96. The van der Waals surface area contributed by atoms with Gasteiger partial charge in [-0.05, 0) is 51.0 Å². The fourth-order valence-electron chi connectivity index (χ4n) is 2.47. The van der Waals surface area contributed by atoms with Crippen LogP contribution in [0.25, 0.3) is 11.3 Å². The second kappa shape index (κ2) is 6.96. The Hall–Kier alpha value is -2.14. The van der Waals surface area contributed by atoms with Crippen LogP contribution in [0.5, 0.6) is 5.75 Å². The van der Waals surface area contributed by atoms with Crippen LogP contribution in [-0.2, 0) is 0 Å². The number of hydrogen-bond acceptors (Lipinski definition) is 5. The van der Waals surface area contributed by atoms with E-state index in [2.05, 4.69) is 16.9 Å². The zero-order chi connectivity index (χ0) is 17.0. The smallest absolute Gasteiger partial charge is 0.127 e. The molecule has 0 saturated carbocycles. The highest BCUT2D eigenvalue weighted by molar-refractivity contribution is 5.63. The molecule has 0 spiro atoms. The van der Waals surface area contributed by atoms with Crippen molar-refractivity contribution in [1.29, 1.82) is 0 Å². The van der Waals surface area contributed by atoms with Gasteiger partial charge in [-0.3, -0.25) is 0 Å². The molecule has 23 heavy (non-hydrogen) atoms. The highest BCUT2D eigenvalue weighted by Crippen LogP contribution is 2.29. The molecule has 2 aromatic rings. The van der Waals surface area contributed by atoms with Crippen molar-refractivity contribution in [2.45, 2.75) is 52.2 Å². The molecule has 1 aromatic heterocycles. The molecule has 124 valence electrons. The van der Waals surface area contributed by atoms with E-state index in [-0.39, 0.29) is 6.04 Å². The standard InChI is InChI=1S/C18H26N4O/c1-5-6-16(19)18(3,4)23-15-8-7-13(9-12(15)2)14-10-17(20)22-11-21-14/h7-11,16H,5-6,19H2,1-4H3,(H2,20,21,22). The van der Waals surface area contributed by atoms with Crippen LogP contribution < -0.4 is 16.2 Å². The molecule has 5 nitrogen and oxygen atoms in total. The summed E-state index contributed by atoms with van der Waals surface area (Å²) >= 11 is 0. The molecule has 1 heterocycles. The van der Waals surface area contributed by atoms with Crippen LogP contribution in [0.15, 0.2) is 30.6 Å². The van der Waals surface area contributed by atoms with E-state index in [0.717, 1.165) is 35.4 Å². The number of rotatable bonds is 6. The highest BCUT2D eigenvalue weighted by atomic mass is 16.5. The number of aromatic nitrogens is 2. The predicted octanol–water partition coefficient (Wildman–Crippen LogP) is 3.32. The van der Waals surface area contributed by atoms with E-state index < -0.39 is 5.60 Å². The molecule has 0 fully saturated rings. The maximum Gasteiger partial charge on any atom is 0.127 e. The van der Waals surface area contributed by atoms with Gasteiger partial charge in [0.15, 0.2) is 0 Å². The van der Waals surface area contributed by atoms with E-state index >= 15 is 0 Å². The molecule has 4 N–H and O–H groups in total. The van der Waals surface area contributed by atoms with Gasteiger partial charge in [0, 0.05) is 17.7 Å². The lowest BCUT2D eigenvalue weighted by atomic mass is 9.95. The van der Waals surface area contributed by atoms with Crippen LogP contribution in [-0.4, -0.2) is 21.6 Å². The maximum atomic E-state index is 6.24. The molecule has 2 rings (SSSR count). The van der Waals surface area contributed by atoms with E-state index in [1.54, 1.807) is 6.07 Å². The van der Waals surface area contributed by atoms with Crippen LogP contribution in [0.1, 0.15) is 39.2 Å². The van der Waals surface area contributed by atoms with Crippen LogP contribution >= 0.6 is 0 Å². The average Bonchev–Trinajstić information content (AvgIpc) is 2.49. The Kier molecular flexibility index (Phi) is 5.21.